The molecule has 2 aromatic rings. The zero-order valence-electron chi connectivity index (χ0n) is 15.7. The van der Waals surface area contributed by atoms with Gasteiger partial charge in [0, 0.05) is 11.1 Å². The molecule has 0 N–H and O–H groups in total. The molecule has 3 nitrogen and oxygen atoms in total. The van der Waals surface area contributed by atoms with Crippen LogP contribution in [0.15, 0.2) is 36.4 Å². The fourth-order valence-corrected chi connectivity index (χ4v) is 2.98. The Kier molecular flexibility index (Phi) is 4.70. The Balaban J connectivity index is 1.83. The van der Waals surface area contributed by atoms with Crippen LogP contribution in [0, 0.1) is 13.8 Å². The van der Waals surface area contributed by atoms with Crippen molar-refractivity contribution in [2.45, 2.75) is 46.1 Å². The molecule has 1 atom stereocenters. The van der Waals surface area contributed by atoms with E-state index < -0.39 is 0 Å². The summed E-state index contributed by atoms with van der Waals surface area (Å²) in [6.45, 7) is 11.8. The molecule has 3 heteroatoms. The van der Waals surface area contributed by atoms with Gasteiger partial charge >= 0.3 is 0 Å². The van der Waals surface area contributed by atoms with Crippen LogP contribution in [0.5, 0.6) is 5.75 Å². The van der Waals surface area contributed by atoms with Gasteiger partial charge in [0.05, 0.1) is 6.61 Å². The van der Waals surface area contributed by atoms with Gasteiger partial charge in [-0.05, 0) is 48.1 Å². The number of benzene rings is 2. The molecule has 1 aliphatic heterocycles. The predicted octanol–water partition coefficient (Wildman–Crippen LogP) is 4.61. The van der Waals surface area contributed by atoms with Crippen LogP contribution in [-0.2, 0) is 10.2 Å². The van der Waals surface area contributed by atoms with Gasteiger partial charge in [-0.15, -0.1) is 0 Å². The zero-order valence-corrected chi connectivity index (χ0v) is 15.7. The first-order valence-electron chi connectivity index (χ1n) is 8.76. The molecule has 1 fully saturated rings. The summed E-state index contributed by atoms with van der Waals surface area (Å²) in [7, 11) is 0. The fourth-order valence-electron chi connectivity index (χ4n) is 2.98. The largest absolute Gasteiger partial charge is 0.491 e. The van der Waals surface area contributed by atoms with Crippen LogP contribution in [0.1, 0.15) is 53.4 Å². The zero-order chi connectivity index (χ0) is 18.2. The first-order chi connectivity index (χ1) is 11.8. The highest BCUT2D eigenvalue weighted by Crippen LogP contribution is 2.27. The lowest BCUT2D eigenvalue weighted by molar-refractivity contribution is 0.103. The average Bonchev–Trinajstić information content (AvgIpc) is 3.36. The van der Waals surface area contributed by atoms with Crippen molar-refractivity contribution < 1.29 is 14.3 Å². The monoisotopic (exact) mass is 338 g/mol. The van der Waals surface area contributed by atoms with E-state index in [4.69, 9.17) is 9.47 Å². The Labute approximate surface area is 150 Å². The number of carbonyl (C=O) groups excluding carboxylic acids is 1. The lowest BCUT2D eigenvalue weighted by Crippen LogP contribution is -2.12. The molecule has 1 saturated heterocycles. The molecule has 1 unspecified atom stereocenters. The van der Waals surface area contributed by atoms with Crippen LogP contribution in [0.25, 0.3) is 0 Å². The quantitative estimate of drug-likeness (QED) is 0.590. The molecular formula is C22H26O3. The van der Waals surface area contributed by atoms with Gasteiger partial charge in [-0.2, -0.15) is 0 Å². The highest BCUT2D eigenvalue weighted by Gasteiger charge is 2.23. The molecule has 1 aliphatic rings. The highest BCUT2D eigenvalue weighted by atomic mass is 16.6. The Hall–Kier alpha value is -2.13. The van der Waals surface area contributed by atoms with Crippen molar-refractivity contribution in [2.75, 3.05) is 13.2 Å². The SMILES string of the molecule is Cc1cc(OCC2CO2)cc(C)c1C(=O)c1ccc(C(C)(C)C)cc1. The standard InChI is InChI=1S/C22H26O3/c1-14-10-18(24-12-19-13-25-19)11-15(2)20(14)21(23)16-6-8-17(9-7-16)22(3,4)5/h6-11,19H,12-13H2,1-5H3. The number of epoxide rings is 1. The van der Waals surface area contributed by atoms with Crippen LogP contribution < -0.4 is 4.74 Å². The van der Waals surface area contributed by atoms with Crippen molar-refractivity contribution in [3.05, 3.63) is 64.2 Å². The molecule has 132 valence electrons. The molecular weight excluding hydrogens is 312 g/mol. The van der Waals surface area contributed by atoms with Gasteiger partial charge in [-0.25, -0.2) is 0 Å². The Morgan fingerprint density at radius 3 is 2.16 bits per heavy atom. The first-order valence-corrected chi connectivity index (χ1v) is 8.76. The van der Waals surface area contributed by atoms with Gasteiger partial charge in [-0.3, -0.25) is 4.79 Å². The summed E-state index contributed by atoms with van der Waals surface area (Å²) in [6, 6.07) is 11.8. The normalized spacial score (nSPS) is 16.6. The van der Waals surface area contributed by atoms with Gasteiger partial charge in [0.1, 0.15) is 18.5 Å². The maximum atomic E-state index is 13.0. The van der Waals surface area contributed by atoms with E-state index in [1.165, 1.54) is 5.56 Å². The third-order valence-electron chi connectivity index (χ3n) is 4.58. The van der Waals surface area contributed by atoms with Crippen molar-refractivity contribution in [3.63, 3.8) is 0 Å². The second-order valence-electron chi connectivity index (χ2n) is 7.85. The van der Waals surface area contributed by atoms with Gasteiger partial charge in [0.2, 0.25) is 0 Å². The maximum absolute atomic E-state index is 13.0. The number of hydrogen-bond donors (Lipinski definition) is 0. The van der Waals surface area contributed by atoms with Crippen molar-refractivity contribution in [1.29, 1.82) is 0 Å². The van der Waals surface area contributed by atoms with Crippen molar-refractivity contribution in [3.8, 4) is 5.75 Å². The third kappa shape index (κ3) is 4.10. The topological polar surface area (TPSA) is 38.8 Å². The van der Waals surface area contributed by atoms with E-state index in [9.17, 15) is 4.79 Å². The number of ether oxygens (including phenoxy) is 2. The molecule has 0 saturated carbocycles. The molecule has 0 bridgehead atoms. The van der Waals surface area contributed by atoms with Gasteiger partial charge in [-0.1, -0.05) is 45.0 Å². The fraction of sp³-hybridized carbons (Fsp3) is 0.409. The van der Waals surface area contributed by atoms with Gasteiger partial charge in [0.15, 0.2) is 5.78 Å². The molecule has 0 spiro atoms. The lowest BCUT2D eigenvalue weighted by Gasteiger charge is -2.19. The van der Waals surface area contributed by atoms with E-state index in [1.807, 2.05) is 50.2 Å². The van der Waals surface area contributed by atoms with E-state index in [1.54, 1.807) is 0 Å². The molecule has 3 rings (SSSR count). The Morgan fingerprint density at radius 2 is 1.68 bits per heavy atom. The molecule has 0 aliphatic carbocycles. The third-order valence-corrected chi connectivity index (χ3v) is 4.58. The van der Waals surface area contributed by atoms with Crippen LogP contribution in [0.3, 0.4) is 0 Å². The molecule has 1 heterocycles. The number of aryl methyl sites for hydroxylation is 2. The number of rotatable bonds is 5. The average molecular weight is 338 g/mol. The molecule has 25 heavy (non-hydrogen) atoms. The Bertz CT molecular complexity index is 755. The number of carbonyl (C=O) groups is 1. The smallest absolute Gasteiger partial charge is 0.193 e. The predicted molar refractivity (Wildman–Crippen MR) is 99.7 cm³/mol. The maximum Gasteiger partial charge on any atom is 0.193 e. The van der Waals surface area contributed by atoms with Gasteiger partial charge < -0.3 is 9.47 Å². The van der Waals surface area contributed by atoms with Crippen molar-refractivity contribution >= 4 is 5.78 Å². The Morgan fingerprint density at radius 1 is 1.12 bits per heavy atom. The molecule has 0 radical (unpaired) electrons. The molecule has 0 amide bonds. The second kappa shape index (κ2) is 6.64. The summed E-state index contributed by atoms with van der Waals surface area (Å²) in [5.41, 5.74) is 4.67. The van der Waals surface area contributed by atoms with E-state index in [-0.39, 0.29) is 17.3 Å². The highest BCUT2D eigenvalue weighted by molar-refractivity contribution is 6.10. The van der Waals surface area contributed by atoms with E-state index in [0.717, 1.165) is 34.6 Å². The van der Waals surface area contributed by atoms with Crippen LogP contribution in [0.4, 0.5) is 0 Å². The number of ketones is 1. The lowest BCUT2D eigenvalue weighted by atomic mass is 9.86. The van der Waals surface area contributed by atoms with Crippen LogP contribution >= 0.6 is 0 Å². The van der Waals surface area contributed by atoms with Crippen molar-refractivity contribution in [1.82, 2.24) is 0 Å². The first kappa shape index (κ1) is 17.7. The number of hydrogen-bond acceptors (Lipinski definition) is 3. The minimum absolute atomic E-state index is 0.0625. The van der Waals surface area contributed by atoms with Crippen LogP contribution in [-0.4, -0.2) is 25.1 Å². The van der Waals surface area contributed by atoms with E-state index in [2.05, 4.69) is 20.8 Å². The summed E-state index contributed by atoms with van der Waals surface area (Å²) >= 11 is 0. The summed E-state index contributed by atoms with van der Waals surface area (Å²) in [4.78, 5) is 13.0. The minimum atomic E-state index is 0.0625. The summed E-state index contributed by atoms with van der Waals surface area (Å²) in [5, 5.41) is 0. The minimum Gasteiger partial charge on any atom is -0.491 e. The van der Waals surface area contributed by atoms with E-state index >= 15 is 0 Å². The summed E-state index contributed by atoms with van der Waals surface area (Å²) < 4.78 is 10.9. The van der Waals surface area contributed by atoms with E-state index in [0.29, 0.717) is 6.61 Å². The van der Waals surface area contributed by atoms with Crippen molar-refractivity contribution in [2.24, 2.45) is 0 Å². The summed E-state index contributed by atoms with van der Waals surface area (Å²) in [6.07, 6.45) is 0.225. The van der Waals surface area contributed by atoms with Gasteiger partial charge in [0.25, 0.3) is 0 Å². The van der Waals surface area contributed by atoms with Crippen LogP contribution in [0.2, 0.25) is 0 Å². The molecule has 2 aromatic carbocycles. The summed E-state index contributed by atoms with van der Waals surface area (Å²) in [5.74, 6) is 0.859. The molecule has 0 aromatic heterocycles. The second-order valence-corrected chi connectivity index (χ2v) is 7.85.